The first-order valence-corrected chi connectivity index (χ1v) is 11.1. The second kappa shape index (κ2) is 9.37. The van der Waals surface area contributed by atoms with E-state index in [0.29, 0.717) is 28.7 Å². The predicted octanol–water partition coefficient (Wildman–Crippen LogP) is 6.09. The van der Waals surface area contributed by atoms with Crippen molar-refractivity contribution in [2.24, 2.45) is 0 Å². The third-order valence-corrected chi connectivity index (χ3v) is 5.98. The van der Waals surface area contributed by atoms with E-state index in [0.717, 1.165) is 22.4 Å². The lowest BCUT2D eigenvalue weighted by molar-refractivity contribution is 0.103. The molecule has 1 N–H and O–H groups in total. The first kappa shape index (κ1) is 21.2. The molecule has 0 aliphatic carbocycles. The summed E-state index contributed by atoms with van der Waals surface area (Å²) in [5.74, 6) is 0.699. The van der Waals surface area contributed by atoms with Crippen LogP contribution in [0.1, 0.15) is 31.9 Å². The van der Waals surface area contributed by atoms with Crippen LogP contribution >= 0.6 is 22.9 Å². The molecule has 0 aliphatic heterocycles. The molecule has 2 heterocycles. The van der Waals surface area contributed by atoms with Crippen molar-refractivity contribution in [3.05, 3.63) is 98.5 Å². The molecule has 158 valence electrons. The van der Waals surface area contributed by atoms with Crippen molar-refractivity contribution in [1.29, 1.82) is 0 Å². The Morgan fingerprint density at radius 1 is 1.13 bits per heavy atom. The van der Waals surface area contributed by atoms with Crippen LogP contribution in [0.5, 0.6) is 5.75 Å². The van der Waals surface area contributed by atoms with Crippen molar-refractivity contribution in [1.82, 2.24) is 9.78 Å². The number of carbonyl (C=O) groups excluding carboxylic acids is 1. The van der Waals surface area contributed by atoms with Crippen LogP contribution in [0.3, 0.4) is 0 Å². The molecule has 5 nitrogen and oxygen atoms in total. The number of rotatable bonds is 7. The number of hydrogen-bond donors (Lipinski definition) is 1. The van der Waals surface area contributed by atoms with Gasteiger partial charge in [-0.25, -0.2) is 0 Å². The van der Waals surface area contributed by atoms with Gasteiger partial charge >= 0.3 is 0 Å². The first-order valence-electron chi connectivity index (χ1n) is 9.82. The summed E-state index contributed by atoms with van der Waals surface area (Å²) in [5, 5.41) is 9.87. The normalized spacial score (nSPS) is 10.8. The predicted molar refractivity (Wildman–Crippen MR) is 125 cm³/mol. The van der Waals surface area contributed by atoms with E-state index in [1.54, 1.807) is 10.9 Å². The van der Waals surface area contributed by atoms with Gasteiger partial charge in [-0.2, -0.15) is 5.10 Å². The lowest BCUT2D eigenvalue weighted by Gasteiger charge is -2.08. The summed E-state index contributed by atoms with van der Waals surface area (Å²) < 4.78 is 7.68. The number of ether oxygens (including phenoxy) is 1. The minimum absolute atomic E-state index is 0.159. The Hall–Kier alpha value is -3.09. The molecule has 0 fully saturated rings. The lowest BCUT2D eigenvalue weighted by atomic mass is 10.1. The van der Waals surface area contributed by atoms with Gasteiger partial charge in [0, 0.05) is 16.8 Å². The molecule has 0 aliphatic rings. The highest BCUT2D eigenvalue weighted by molar-refractivity contribution is 7.12. The molecule has 0 radical (unpaired) electrons. The number of amides is 1. The fourth-order valence-corrected chi connectivity index (χ4v) is 4.09. The molecule has 0 saturated heterocycles. The molecule has 4 aromatic rings. The monoisotopic (exact) mass is 451 g/mol. The van der Waals surface area contributed by atoms with Crippen molar-refractivity contribution in [3.8, 4) is 5.75 Å². The Morgan fingerprint density at radius 3 is 2.71 bits per heavy atom. The van der Waals surface area contributed by atoms with Gasteiger partial charge in [-0.05, 0) is 54.6 Å². The first-order chi connectivity index (χ1) is 15.0. The molecule has 0 unspecified atom stereocenters. The van der Waals surface area contributed by atoms with Crippen LogP contribution in [0, 0.1) is 13.8 Å². The van der Waals surface area contributed by atoms with Gasteiger partial charge in [0.05, 0.1) is 23.3 Å². The third-order valence-electron chi connectivity index (χ3n) is 4.75. The van der Waals surface area contributed by atoms with E-state index >= 15 is 0 Å². The van der Waals surface area contributed by atoms with E-state index in [-0.39, 0.29) is 5.91 Å². The maximum absolute atomic E-state index is 12.6. The van der Waals surface area contributed by atoms with Crippen LogP contribution in [0.2, 0.25) is 5.02 Å². The molecule has 1 amide bonds. The standard InChI is InChI=1S/C24H22ClN3O2S/c1-16-3-8-22(17(2)9-16)30-14-19-10-23(31-15-19)24(29)27-21-11-26-28(13-21)12-18-4-6-20(25)7-5-18/h3-11,13,15H,12,14H2,1-2H3,(H,27,29). The SMILES string of the molecule is Cc1ccc(OCc2csc(C(=O)Nc3cnn(Cc4ccc(Cl)cc4)c3)c2)c(C)c1. The maximum atomic E-state index is 12.6. The maximum Gasteiger partial charge on any atom is 0.265 e. The number of nitrogens with one attached hydrogen (secondary N) is 1. The molecule has 2 aromatic carbocycles. The van der Waals surface area contributed by atoms with E-state index in [1.807, 2.05) is 61.0 Å². The van der Waals surface area contributed by atoms with Gasteiger partial charge in [0.15, 0.2) is 0 Å². The number of thiophene rings is 1. The van der Waals surface area contributed by atoms with Crippen molar-refractivity contribution >= 4 is 34.5 Å². The smallest absolute Gasteiger partial charge is 0.265 e. The molecule has 7 heteroatoms. The summed E-state index contributed by atoms with van der Waals surface area (Å²) >= 11 is 7.32. The van der Waals surface area contributed by atoms with E-state index in [4.69, 9.17) is 16.3 Å². The van der Waals surface area contributed by atoms with Crippen LogP contribution in [0.4, 0.5) is 5.69 Å². The molecule has 31 heavy (non-hydrogen) atoms. The van der Waals surface area contributed by atoms with Gasteiger partial charge < -0.3 is 10.1 Å². The Morgan fingerprint density at radius 2 is 1.94 bits per heavy atom. The Labute approximate surface area is 190 Å². The summed E-state index contributed by atoms with van der Waals surface area (Å²) in [4.78, 5) is 13.2. The summed E-state index contributed by atoms with van der Waals surface area (Å²) in [6.45, 7) is 5.11. The molecule has 2 aromatic heterocycles. The zero-order chi connectivity index (χ0) is 21.8. The van der Waals surface area contributed by atoms with Gasteiger partial charge in [-0.1, -0.05) is 41.4 Å². The van der Waals surface area contributed by atoms with E-state index in [2.05, 4.69) is 23.4 Å². The topological polar surface area (TPSA) is 56.1 Å². The van der Waals surface area contributed by atoms with Crippen molar-refractivity contribution in [2.45, 2.75) is 27.0 Å². The fraction of sp³-hybridized carbons (Fsp3) is 0.167. The highest BCUT2D eigenvalue weighted by atomic mass is 35.5. The highest BCUT2D eigenvalue weighted by Gasteiger charge is 2.12. The minimum Gasteiger partial charge on any atom is -0.489 e. The number of carbonyl (C=O) groups is 1. The molecule has 0 atom stereocenters. The number of aryl methyl sites for hydroxylation is 2. The number of halogens is 1. The van der Waals surface area contributed by atoms with E-state index in [1.165, 1.54) is 16.9 Å². The molecule has 0 saturated carbocycles. The summed E-state index contributed by atoms with van der Waals surface area (Å²) in [6, 6.07) is 15.6. The Bertz CT molecular complexity index is 1200. The average Bonchev–Trinajstić information content (AvgIpc) is 3.39. The van der Waals surface area contributed by atoms with Crippen LogP contribution in [-0.4, -0.2) is 15.7 Å². The van der Waals surface area contributed by atoms with Gasteiger partial charge in [-0.3, -0.25) is 9.48 Å². The second-order valence-electron chi connectivity index (χ2n) is 7.38. The van der Waals surface area contributed by atoms with Gasteiger partial charge in [0.1, 0.15) is 12.4 Å². The average molecular weight is 452 g/mol. The molecule has 4 rings (SSSR count). The number of anilines is 1. The van der Waals surface area contributed by atoms with Crippen molar-refractivity contribution in [3.63, 3.8) is 0 Å². The van der Waals surface area contributed by atoms with Gasteiger partial charge in [0.25, 0.3) is 5.91 Å². The van der Waals surface area contributed by atoms with Crippen LogP contribution < -0.4 is 10.1 Å². The second-order valence-corrected chi connectivity index (χ2v) is 8.73. The molecular weight excluding hydrogens is 430 g/mol. The summed E-state index contributed by atoms with van der Waals surface area (Å²) in [6.07, 6.45) is 3.45. The van der Waals surface area contributed by atoms with Crippen LogP contribution in [0.15, 0.2) is 66.3 Å². The largest absolute Gasteiger partial charge is 0.489 e. The zero-order valence-electron chi connectivity index (χ0n) is 17.3. The van der Waals surface area contributed by atoms with Crippen molar-refractivity contribution < 1.29 is 9.53 Å². The number of aromatic nitrogens is 2. The Kier molecular flexibility index (Phi) is 6.39. The van der Waals surface area contributed by atoms with Crippen LogP contribution in [0.25, 0.3) is 0 Å². The number of nitrogens with zero attached hydrogens (tertiary/aromatic N) is 2. The van der Waals surface area contributed by atoms with Gasteiger partial charge in [-0.15, -0.1) is 11.3 Å². The Balaban J connectivity index is 1.33. The lowest BCUT2D eigenvalue weighted by Crippen LogP contribution is -2.09. The summed E-state index contributed by atoms with van der Waals surface area (Å²) in [5.41, 5.74) is 5.01. The quantitative estimate of drug-likeness (QED) is 0.369. The van der Waals surface area contributed by atoms with E-state index < -0.39 is 0 Å². The van der Waals surface area contributed by atoms with Crippen molar-refractivity contribution in [2.75, 3.05) is 5.32 Å². The number of hydrogen-bond acceptors (Lipinski definition) is 4. The molecular formula is C24H22ClN3O2S. The fourth-order valence-electron chi connectivity index (χ4n) is 3.18. The third kappa shape index (κ3) is 5.54. The molecule has 0 spiro atoms. The molecule has 0 bridgehead atoms. The van der Waals surface area contributed by atoms with Gasteiger partial charge in [0.2, 0.25) is 0 Å². The highest BCUT2D eigenvalue weighted by Crippen LogP contribution is 2.22. The zero-order valence-corrected chi connectivity index (χ0v) is 18.8. The minimum atomic E-state index is -0.159. The summed E-state index contributed by atoms with van der Waals surface area (Å²) in [7, 11) is 0. The van der Waals surface area contributed by atoms with Crippen LogP contribution in [-0.2, 0) is 13.2 Å². The van der Waals surface area contributed by atoms with E-state index in [9.17, 15) is 4.79 Å². The number of benzene rings is 2.